The van der Waals surface area contributed by atoms with Gasteiger partial charge >= 0.3 is 11.6 Å². The van der Waals surface area contributed by atoms with Gasteiger partial charge in [0.15, 0.2) is 0 Å². The summed E-state index contributed by atoms with van der Waals surface area (Å²) in [4.78, 5) is 24.9. The normalized spacial score (nSPS) is 15.6. The Morgan fingerprint density at radius 1 is 1.09 bits per heavy atom. The molecule has 0 N–H and O–H groups in total. The minimum atomic E-state index is -3.58. The number of ether oxygens (including phenoxy) is 1. The van der Waals surface area contributed by atoms with Gasteiger partial charge < -0.3 is 9.15 Å². The predicted octanol–water partition coefficient (Wildman–Crippen LogP) is 3.81. The van der Waals surface area contributed by atoms with Crippen molar-refractivity contribution in [2.24, 2.45) is 5.92 Å². The molecule has 33 heavy (non-hydrogen) atoms. The van der Waals surface area contributed by atoms with E-state index < -0.39 is 15.6 Å². The zero-order valence-corrected chi connectivity index (χ0v) is 19.6. The molecule has 0 atom stereocenters. The minimum absolute atomic E-state index is 0.0334. The van der Waals surface area contributed by atoms with Crippen molar-refractivity contribution in [3.63, 3.8) is 0 Å². The zero-order valence-electron chi connectivity index (χ0n) is 18.7. The van der Waals surface area contributed by atoms with Crippen molar-refractivity contribution >= 4 is 27.0 Å². The Morgan fingerprint density at radius 2 is 1.79 bits per heavy atom. The van der Waals surface area contributed by atoms with Crippen LogP contribution in [0.2, 0.25) is 0 Å². The van der Waals surface area contributed by atoms with Crippen molar-refractivity contribution in [3.05, 3.63) is 75.6 Å². The number of carbonyl (C=O) groups is 1. The maximum absolute atomic E-state index is 12.9. The third-order valence-electron chi connectivity index (χ3n) is 6.12. The number of fused-ring (bicyclic) bond motifs is 1. The van der Waals surface area contributed by atoms with Gasteiger partial charge in [-0.25, -0.2) is 13.2 Å². The molecule has 0 bridgehead atoms. The number of benzene rings is 2. The first-order chi connectivity index (χ1) is 15.8. The van der Waals surface area contributed by atoms with Crippen LogP contribution < -0.4 is 5.63 Å². The Labute approximate surface area is 193 Å². The zero-order chi connectivity index (χ0) is 23.6. The first-order valence-corrected chi connectivity index (χ1v) is 12.5. The summed E-state index contributed by atoms with van der Waals surface area (Å²) in [5.74, 6) is -0.762. The smallest absolute Gasteiger partial charge is 0.336 e. The number of esters is 1. The van der Waals surface area contributed by atoms with Gasteiger partial charge in [0.1, 0.15) is 12.2 Å². The predicted molar refractivity (Wildman–Crippen MR) is 124 cm³/mol. The molecule has 0 unspecified atom stereocenters. The van der Waals surface area contributed by atoms with Crippen LogP contribution in [0.5, 0.6) is 0 Å². The van der Waals surface area contributed by atoms with Crippen molar-refractivity contribution in [2.45, 2.75) is 44.6 Å². The van der Waals surface area contributed by atoms with Crippen LogP contribution in [-0.2, 0) is 32.6 Å². The number of piperidine rings is 1. The lowest BCUT2D eigenvalue weighted by molar-refractivity contribution is -0.151. The molecule has 7 nitrogen and oxygen atoms in total. The molecule has 4 rings (SSSR count). The number of aryl methyl sites for hydroxylation is 2. The van der Waals surface area contributed by atoms with E-state index >= 15 is 0 Å². The molecule has 0 saturated carbocycles. The molecule has 1 saturated heterocycles. The number of carbonyl (C=O) groups excluding carboxylic acids is 1. The lowest BCUT2D eigenvalue weighted by Gasteiger charge is -2.30. The summed E-state index contributed by atoms with van der Waals surface area (Å²) in [5.41, 5.74) is 2.62. The summed E-state index contributed by atoms with van der Waals surface area (Å²) in [7, 11) is -3.58. The second-order valence-electron chi connectivity index (χ2n) is 8.37. The quantitative estimate of drug-likeness (QED) is 0.403. The Balaban J connectivity index is 1.39. The fourth-order valence-electron chi connectivity index (χ4n) is 4.07. The molecule has 2 aromatic carbocycles. The molecule has 3 aromatic rings. The number of nitrogens with zero attached hydrogens (tertiary/aromatic N) is 1. The SMILES string of the molecule is CCc1ccc2c(COC(=O)C3CCN(S(=O)(=O)c4ccc(C)cc4)CC3)cc(=O)oc2c1. The minimum Gasteiger partial charge on any atom is -0.461 e. The van der Waals surface area contributed by atoms with Gasteiger partial charge in [0.25, 0.3) is 0 Å². The average molecular weight is 470 g/mol. The van der Waals surface area contributed by atoms with Crippen molar-refractivity contribution < 1.29 is 22.4 Å². The van der Waals surface area contributed by atoms with Crippen LogP contribution in [0.15, 0.2) is 62.6 Å². The van der Waals surface area contributed by atoms with Crippen LogP contribution >= 0.6 is 0 Å². The molecule has 174 valence electrons. The van der Waals surface area contributed by atoms with Crippen molar-refractivity contribution in [1.29, 1.82) is 0 Å². The molecule has 1 aliphatic heterocycles. The summed E-state index contributed by atoms with van der Waals surface area (Å²) in [5, 5.41) is 0.735. The van der Waals surface area contributed by atoms with E-state index in [0.29, 0.717) is 24.0 Å². The fraction of sp³-hybridized carbons (Fsp3) is 0.360. The van der Waals surface area contributed by atoms with E-state index in [4.69, 9.17) is 9.15 Å². The van der Waals surface area contributed by atoms with E-state index in [1.807, 2.05) is 32.0 Å². The molecule has 0 spiro atoms. The highest BCUT2D eigenvalue weighted by atomic mass is 32.2. The topological polar surface area (TPSA) is 93.9 Å². The van der Waals surface area contributed by atoms with Gasteiger partial charge in [-0.3, -0.25) is 4.79 Å². The van der Waals surface area contributed by atoms with E-state index in [0.717, 1.165) is 22.9 Å². The largest absolute Gasteiger partial charge is 0.461 e. The first kappa shape index (κ1) is 23.2. The van der Waals surface area contributed by atoms with Gasteiger partial charge in [-0.15, -0.1) is 0 Å². The Hall–Kier alpha value is -2.97. The maximum atomic E-state index is 12.9. The van der Waals surface area contributed by atoms with Crippen LogP contribution in [0.1, 0.15) is 36.5 Å². The first-order valence-electron chi connectivity index (χ1n) is 11.1. The van der Waals surface area contributed by atoms with Crippen LogP contribution in [0.3, 0.4) is 0 Å². The molecular formula is C25H27NO6S. The van der Waals surface area contributed by atoms with Gasteiger partial charge in [-0.05, 0) is 49.9 Å². The summed E-state index contributed by atoms with van der Waals surface area (Å²) in [6.45, 7) is 4.40. The fourth-order valence-corrected chi connectivity index (χ4v) is 5.54. The Morgan fingerprint density at radius 3 is 2.45 bits per heavy atom. The van der Waals surface area contributed by atoms with Crippen molar-refractivity contribution in [1.82, 2.24) is 4.31 Å². The molecule has 8 heteroatoms. The molecule has 0 amide bonds. The molecule has 2 heterocycles. The second kappa shape index (κ2) is 9.49. The van der Waals surface area contributed by atoms with Crippen LogP contribution in [0, 0.1) is 12.8 Å². The molecule has 1 aromatic heterocycles. The Kier molecular flexibility index (Phi) is 6.67. The molecule has 0 radical (unpaired) electrons. The van der Waals surface area contributed by atoms with Crippen LogP contribution in [0.25, 0.3) is 11.0 Å². The third-order valence-corrected chi connectivity index (χ3v) is 8.03. The number of sulfonamides is 1. The molecule has 1 aliphatic rings. The summed E-state index contributed by atoms with van der Waals surface area (Å²) < 4.78 is 38.0. The standard InChI is InChI=1S/C25H27NO6S/c1-3-18-6-9-22-20(15-24(27)32-23(22)14-18)16-31-25(28)19-10-12-26(13-11-19)33(29,30)21-7-4-17(2)5-8-21/h4-9,14-15,19H,3,10-13,16H2,1-2H3. The van der Waals surface area contributed by atoms with Gasteiger partial charge in [0.2, 0.25) is 10.0 Å². The van der Waals surface area contributed by atoms with Crippen molar-refractivity contribution in [3.8, 4) is 0 Å². The highest BCUT2D eigenvalue weighted by molar-refractivity contribution is 7.89. The van der Waals surface area contributed by atoms with Crippen LogP contribution in [-0.4, -0.2) is 31.8 Å². The number of hydrogen-bond acceptors (Lipinski definition) is 6. The maximum Gasteiger partial charge on any atom is 0.336 e. The van der Waals surface area contributed by atoms with Crippen LogP contribution in [0.4, 0.5) is 0 Å². The second-order valence-corrected chi connectivity index (χ2v) is 10.3. The van der Waals surface area contributed by atoms with Crippen molar-refractivity contribution in [2.75, 3.05) is 13.1 Å². The lowest BCUT2D eigenvalue weighted by atomic mass is 9.98. The van der Waals surface area contributed by atoms with Gasteiger partial charge in [0.05, 0.1) is 10.8 Å². The number of rotatable bonds is 6. The summed E-state index contributed by atoms with van der Waals surface area (Å²) in [6, 6.07) is 13.8. The summed E-state index contributed by atoms with van der Waals surface area (Å²) in [6.07, 6.45) is 1.60. The lowest BCUT2D eigenvalue weighted by Crippen LogP contribution is -2.40. The highest BCUT2D eigenvalue weighted by Gasteiger charge is 2.32. The molecule has 0 aliphatic carbocycles. The molecule has 1 fully saturated rings. The summed E-state index contributed by atoms with van der Waals surface area (Å²) >= 11 is 0. The van der Waals surface area contributed by atoms with E-state index in [-0.39, 0.29) is 36.5 Å². The van der Waals surface area contributed by atoms with E-state index in [9.17, 15) is 18.0 Å². The van der Waals surface area contributed by atoms with E-state index in [1.165, 1.54) is 10.4 Å². The van der Waals surface area contributed by atoms with E-state index in [1.54, 1.807) is 24.3 Å². The average Bonchev–Trinajstić information content (AvgIpc) is 2.82. The monoisotopic (exact) mass is 469 g/mol. The molecular weight excluding hydrogens is 442 g/mol. The number of hydrogen-bond donors (Lipinski definition) is 0. The Bertz CT molecular complexity index is 1320. The van der Waals surface area contributed by atoms with Gasteiger partial charge in [-0.1, -0.05) is 36.8 Å². The van der Waals surface area contributed by atoms with Gasteiger partial charge in [0, 0.05) is 30.1 Å². The third kappa shape index (κ3) is 5.02. The highest BCUT2D eigenvalue weighted by Crippen LogP contribution is 2.26. The van der Waals surface area contributed by atoms with E-state index in [2.05, 4.69) is 0 Å². The van der Waals surface area contributed by atoms with Gasteiger partial charge in [-0.2, -0.15) is 4.31 Å².